The maximum atomic E-state index is 13.5. The quantitative estimate of drug-likeness (QED) is 0.670. The minimum atomic E-state index is -1.08. The van der Waals surface area contributed by atoms with E-state index < -0.39 is 29.6 Å². The molecule has 120 valence electrons. The van der Waals surface area contributed by atoms with Crippen molar-refractivity contribution >= 4 is 23.3 Å². The highest BCUT2D eigenvalue weighted by molar-refractivity contribution is 6.06. The Labute approximate surface area is 127 Å². The molecule has 0 bridgehead atoms. The van der Waals surface area contributed by atoms with Crippen LogP contribution in [-0.4, -0.2) is 31.1 Å². The highest BCUT2D eigenvalue weighted by Gasteiger charge is 2.33. The Kier molecular flexibility index (Phi) is 4.95. The Balaban J connectivity index is 2.25. The van der Waals surface area contributed by atoms with Crippen LogP contribution in [0.15, 0.2) is 12.1 Å². The predicted octanol–water partition coefficient (Wildman–Crippen LogP) is 2.46. The fraction of sp³-hybridized carbons (Fsp3) is 0.467. The van der Waals surface area contributed by atoms with Crippen LogP contribution in [0.1, 0.15) is 26.7 Å². The molecule has 1 unspecified atom stereocenters. The molecule has 0 aromatic heterocycles. The number of unbranched alkanes of at least 4 members (excludes halogenated alkanes) is 1. The fourth-order valence-electron chi connectivity index (χ4n) is 2.24. The number of fused-ring (bicyclic) bond motifs is 1. The van der Waals surface area contributed by atoms with E-state index in [0.29, 0.717) is 0 Å². The van der Waals surface area contributed by atoms with Crippen LogP contribution in [0.5, 0.6) is 0 Å². The molecule has 1 aromatic carbocycles. The van der Waals surface area contributed by atoms with Crippen LogP contribution < -0.4 is 10.2 Å². The van der Waals surface area contributed by atoms with Gasteiger partial charge in [-0.1, -0.05) is 13.3 Å². The number of ether oxygens (including phenoxy) is 1. The van der Waals surface area contributed by atoms with Gasteiger partial charge in [-0.2, -0.15) is 0 Å². The zero-order valence-corrected chi connectivity index (χ0v) is 12.5. The monoisotopic (exact) mass is 312 g/mol. The third-order valence-corrected chi connectivity index (χ3v) is 3.47. The molecule has 2 rings (SSSR count). The highest BCUT2D eigenvalue weighted by Crippen LogP contribution is 2.33. The van der Waals surface area contributed by atoms with Crippen molar-refractivity contribution in [1.29, 1.82) is 0 Å². The van der Waals surface area contributed by atoms with E-state index in [1.807, 2.05) is 6.92 Å². The Morgan fingerprint density at radius 1 is 1.41 bits per heavy atom. The van der Waals surface area contributed by atoms with E-state index in [4.69, 9.17) is 4.74 Å². The van der Waals surface area contributed by atoms with Crippen LogP contribution in [0.25, 0.3) is 0 Å². The molecule has 1 amide bonds. The number of amides is 1. The Morgan fingerprint density at radius 3 is 2.77 bits per heavy atom. The lowest BCUT2D eigenvalue weighted by molar-refractivity contribution is -0.146. The topological polar surface area (TPSA) is 58.6 Å². The van der Waals surface area contributed by atoms with Crippen LogP contribution in [0.3, 0.4) is 0 Å². The maximum absolute atomic E-state index is 13.5. The number of rotatable bonds is 5. The number of hydrogen-bond donors (Lipinski definition) is 1. The van der Waals surface area contributed by atoms with Gasteiger partial charge in [-0.3, -0.25) is 9.69 Å². The summed E-state index contributed by atoms with van der Waals surface area (Å²) in [4.78, 5) is 25.2. The molecular weight excluding hydrogens is 294 g/mol. The third kappa shape index (κ3) is 3.18. The zero-order chi connectivity index (χ0) is 16.3. The number of esters is 1. The average molecular weight is 312 g/mol. The smallest absolute Gasteiger partial charge is 0.328 e. The molecular formula is C15H18F2N2O3. The molecule has 1 aliphatic heterocycles. The lowest BCUT2D eigenvalue weighted by Crippen LogP contribution is -2.49. The van der Waals surface area contributed by atoms with Gasteiger partial charge in [0.2, 0.25) is 5.91 Å². The molecule has 0 aliphatic carbocycles. The molecule has 1 atom stereocenters. The molecule has 1 heterocycles. The van der Waals surface area contributed by atoms with E-state index >= 15 is 0 Å². The van der Waals surface area contributed by atoms with E-state index in [1.165, 1.54) is 6.92 Å². The Hall–Kier alpha value is -2.18. The molecule has 0 spiro atoms. The second kappa shape index (κ2) is 6.72. The number of hydrogen-bond acceptors (Lipinski definition) is 4. The summed E-state index contributed by atoms with van der Waals surface area (Å²) in [5, 5.41) is 2.71. The largest absolute Gasteiger partial charge is 0.464 e. The molecule has 0 radical (unpaired) electrons. The van der Waals surface area contributed by atoms with Crippen molar-refractivity contribution in [1.82, 2.24) is 0 Å². The number of nitrogens with one attached hydrogen (secondary N) is 1. The van der Waals surface area contributed by atoms with Crippen molar-refractivity contribution in [3.8, 4) is 0 Å². The van der Waals surface area contributed by atoms with Gasteiger partial charge >= 0.3 is 5.97 Å². The van der Waals surface area contributed by atoms with Gasteiger partial charge in [0.25, 0.3) is 0 Å². The first-order valence-electron chi connectivity index (χ1n) is 7.17. The van der Waals surface area contributed by atoms with Gasteiger partial charge in [0.15, 0.2) is 11.6 Å². The fourth-order valence-corrected chi connectivity index (χ4v) is 2.24. The van der Waals surface area contributed by atoms with E-state index in [2.05, 4.69) is 5.32 Å². The van der Waals surface area contributed by atoms with Gasteiger partial charge in [0.1, 0.15) is 6.04 Å². The Bertz CT molecular complexity index is 592. The van der Waals surface area contributed by atoms with Gasteiger partial charge < -0.3 is 10.1 Å². The lowest BCUT2D eigenvalue weighted by atomic mass is 10.1. The molecule has 5 nitrogen and oxygen atoms in total. The normalized spacial score (nSPS) is 15.1. The lowest BCUT2D eigenvalue weighted by Gasteiger charge is -2.33. The second-order valence-corrected chi connectivity index (χ2v) is 5.10. The number of anilines is 2. The van der Waals surface area contributed by atoms with E-state index in [1.54, 1.807) is 0 Å². The molecule has 0 saturated heterocycles. The van der Waals surface area contributed by atoms with Crippen LogP contribution >= 0.6 is 0 Å². The molecule has 0 saturated carbocycles. The molecule has 1 aromatic rings. The van der Waals surface area contributed by atoms with Crippen molar-refractivity contribution in [2.75, 3.05) is 23.4 Å². The predicted molar refractivity (Wildman–Crippen MR) is 77.7 cm³/mol. The minimum Gasteiger partial charge on any atom is -0.464 e. The summed E-state index contributed by atoms with van der Waals surface area (Å²) in [5.74, 6) is -3.07. The van der Waals surface area contributed by atoms with Crippen molar-refractivity contribution in [3.63, 3.8) is 0 Å². The van der Waals surface area contributed by atoms with Gasteiger partial charge in [0.05, 0.1) is 24.5 Å². The summed E-state index contributed by atoms with van der Waals surface area (Å²) in [7, 11) is 0. The summed E-state index contributed by atoms with van der Waals surface area (Å²) in [6, 6.07) is 0.971. The zero-order valence-electron chi connectivity index (χ0n) is 12.5. The van der Waals surface area contributed by atoms with Gasteiger partial charge in [0, 0.05) is 12.1 Å². The summed E-state index contributed by atoms with van der Waals surface area (Å²) >= 11 is 0. The van der Waals surface area contributed by atoms with Crippen molar-refractivity contribution in [2.24, 2.45) is 0 Å². The number of carbonyl (C=O) groups is 2. The highest BCUT2D eigenvalue weighted by atomic mass is 19.2. The second-order valence-electron chi connectivity index (χ2n) is 5.10. The van der Waals surface area contributed by atoms with E-state index in [0.717, 1.165) is 29.9 Å². The molecule has 0 fully saturated rings. The van der Waals surface area contributed by atoms with Crippen LogP contribution in [-0.2, 0) is 14.3 Å². The molecule has 1 aliphatic rings. The first-order chi connectivity index (χ1) is 10.5. The summed E-state index contributed by atoms with van der Waals surface area (Å²) in [6.45, 7) is 3.64. The SMILES string of the molecule is CCCCOC(=O)C(C)N1C(=O)CNc2cc(F)c(F)cc21. The van der Waals surface area contributed by atoms with Crippen molar-refractivity contribution in [3.05, 3.63) is 23.8 Å². The maximum Gasteiger partial charge on any atom is 0.328 e. The average Bonchev–Trinajstić information content (AvgIpc) is 2.48. The molecule has 7 heteroatoms. The standard InChI is InChI=1S/C15H18F2N2O3/c1-3-4-5-22-15(21)9(2)19-13-7-11(17)10(16)6-12(13)18-8-14(19)20/h6-7,9,18H,3-5,8H2,1-2H3. The number of carbonyl (C=O) groups excluding carboxylic acids is 2. The first-order valence-corrected chi connectivity index (χ1v) is 7.17. The third-order valence-electron chi connectivity index (χ3n) is 3.47. The van der Waals surface area contributed by atoms with Crippen LogP contribution in [0, 0.1) is 11.6 Å². The van der Waals surface area contributed by atoms with Crippen LogP contribution in [0.4, 0.5) is 20.2 Å². The van der Waals surface area contributed by atoms with Crippen LogP contribution in [0.2, 0.25) is 0 Å². The number of halogens is 2. The van der Waals surface area contributed by atoms with Gasteiger partial charge in [-0.15, -0.1) is 0 Å². The number of benzene rings is 1. The summed E-state index contributed by atoms with van der Waals surface area (Å²) < 4.78 is 31.8. The summed E-state index contributed by atoms with van der Waals surface area (Å²) in [5.41, 5.74) is 0.404. The van der Waals surface area contributed by atoms with Gasteiger partial charge in [-0.05, 0) is 13.3 Å². The van der Waals surface area contributed by atoms with Crippen molar-refractivity contribution < 1.29 is 23.1 Å². The van der Waals surface area contributed by atoms with E-state index in [-0.39, 0.29) is 24.5 Å². The molecule has 1 N–H and O–H groups in total. The first kappa shape index (κ1) is 16.2. The summed E-state index contributed by atoms with van der Waals surface area (Å²) in [6.07, 6.45) is 1.60. The Morgan fingerprint density at radius 2 is 2.09 bits per heavy atom. The molecule has 22 heavy (non-hydrogen) atoms. The number of nitrogens with zero attached hydrogens (tertiary/aromatic N) is 1. The van der Waals surface area contributed by atoms with Crippen molar-refractivity contribution in [2.45, 2.75) is 32.7 Å². The minimum absolute atomic E-state index is 0.0926. The van der Waals surface area contributed by atoms with E-state index in [9.17, 15) is 18.4 Å². The van der Waals surface area contributed by atoms with Gasteiger partial charge in [-0.25, -0.2) is 13.6 Å².